The lowest BCUT2D eigenvalue weighted by molar-refractivity contribution is -0.814. The summed E-state index contributed by atoms with van der Waals surface area (Å²) in [6.07, 6.45) is 0. The molecule has 0 saturated heterocycles. The van der Waals surface area contributed by atoms with Gasteiger partial charge in [-0.3, -0.25) is 0 Å². The number of hydrogen-bond donors (Lipinski definition) is 0. The maximum Gasteiger partial charge on any atom is 0.338 e. The van der Waals surface area contributed by atoms with E-state index in [2.05, 4.69) is 83.6 Å². The third-order valence-corrected chi connectivity index (χ3v) is 23.1. The maximum absolute atomic E-state index is 13.5. The molecule has 0 atom stereocenters. The number of para-hydroxylation sites is 2. The van der Waals surface area contributed by atoms with Crippen LogP contribution in [0.25, 0.3) is 87.9 Å². The number of hydrogen-bond acceptors (Lipinski definition) is 21. The Hall–Kier alpha value is -14.6. The van der Waals surface area contributed by atoms with E-state index in [1.165, 1.54) is 0 Å². The van der Waals surface area contributed by atoms with E-state index in [1.807, 2.05) is 107 Å². The van der Waals surface area contributed by atoms with Crippen molar-refractivity contribution in [2.45, 2.75) is 123 Å². The number of nitrogens with zero attached hydrogens (tertiary/aromatic N) is 8. The molecule has 0 saturated carbocycles. The van der Waals surface area contributed by atoms with Crippen molar-refractivity contribution in [1.82, 2.24) is 34.3 Å². The van der Waals surface area contributed by atoms with Gasteiger partial charge in [-0.15, -0.1) is 0 Å². The number of benzene rings is 11. The second-order valence-corrected chi connectivity index (χ2v) is 37.4. The van der Waals surface area contributed by atoms with Crippen LogP contribution in [0.3, 0.4) is 0 Å². The molecule has 706 valence electrons. The summed E-state index contributed by atoms with van der Waals surface area (Å²) in [4.78, 5) is 84.1. The molecule has 4 heterocycles. The van der Waals surface area contributed by atoms with E-state index in [1.54, 1.807) is 155 Å². The lowest BCUT2D eigenvalue weighted by Crippen LogP contribution is -2.55. The average molecular weight is 1840 g/mol. The van der Waals surface area contributed by atoms with Gasteiger partial charge in [-0.05, 0) is 242 Å². The van der Waals surface area contributed by atoms with Crippen molar-refractivity contribution in [1.29, 1.82) is 0 Å². The highest BCUT2D eigenvalue weighted by Crippen LogP contribution is 2.45. The molecule has 0 radical (unpaired) electrons. The van der Waals surface area contributed by atoms with Gasteiger partial charge in [-0.25, -0.2) is 28.8 Å². The monoisotopic (exact) mass is 1840 g/mol. The van der Waals surface area contributed by atoms with Crippen molar-refractivity contribution >= 4 is 101 Å². The van der Waals surface area contributed by atoms with E-state index in [4.69, 9.17) is 77.2 Å². The molecule has 0 amide bonds. The van der Waals surface area contributed by atoms with Gasteiger partial charge in [-0.2, -0.15) is 30.0 Å². The molecule has 0 fully saturated rings. The predicted octanol–water partition coefficient (Wildman–Crippen LogP) is 21.1. The molecule has 15 rings (SSSR count). The number of carbonyl (C=O) groups excluding carboxylic acids is 6. The predicted molar refractivity (Wildman–Crippen MR) is 522 cm³/mol. The van der Waals surface area contributed by atoms with Crippen LogP contribution in [-0.2, 0) is 54.6 Å². The van der Waals surface area contributed by atoms with Crippen LogP contribution in [0.1, 0.15) is 159 Å². The zero-order chi connectivity index (χ0) is 95.9. The second kappa shape index (κ2) is 43.2. The van der Waals surface area contributed by atoms with Crippen LogP contribution in [-0.4, -0.2) is 144 Å². The van der Waals surface area contributed by atoms with Crippen LogP contribution in [0.15, 0.2) is 231 Å². The summed E-state index contributed by atoms with van der Waals surface area (Å²) in [6, 6.07) is 69.9. The van der Waals surface area contributed by atoms with Gasteiger partial charge in [0.05, 0.1) is 85.0 Å². The maximum atomic E-state index is 13.5. The van der Waals surface area contributed by atoms with E-state index in [9.17, 15) is 28.8 Å². The number of aromatic nitrogens is 8. The van der Waals surface area contributed by atoms with Crippen LogP contribution in [0.2, 0.25) is 0 Å². The fourth-order valence-corrected chi connectivity index (χ4v) is 16.0. The number of esters is 6. The normalized spacial score (nSPS) is 11.9. The minimum absolute atomic E-state index is 0.0835. The van der Waals surface area contributed by atoms with Crippen molar-refractivity contribution < 1.29 is 90.4 Å². The minimum Gasteiger partial charge on any atom is -0.493 e. The number of ether oxygens (including phenoxy) is 12. The van der Waals surface area contributed by atoms with Gasteiger partial charge < -0.3 is 66.0 Å². The lowest BCUT2D eigenvalue weighted by Gasteiger charge is -2.33. The van der Waals surface area contributed by atoms with Crippen LogP contribution in [0.4, 0.5) is 0 Å². The zero-order valence-electron chi connectivity index (χ0n) is 79.6. The first-order chi connectivity index (χ1) is 65.6. The molecule has 26 heteroatoms. The van der Waals surface area contributed by atoms with Crippen molar-refractivity contribution in [3.05, 3.63) is 264 Å². The highest BCUT2D eigenvalue weighted by atomic mass is 16.6. The Balaban J connectivity index is 0.949. The topological polar surface area (TPSA) is 285 Å². The third kappa shape index (κ3) is 23.1. The summed E-state index contributed by atoms with van der Waals surface area (Å²) in [5.41, 5.74) is 7.80. The van der Waals surface area contributed by atoms with Crippen LogP contribution < -0.4 is 38.3 Å². The van der Waals surface area contributed by atoms with Gasteiger partial charge >= 0.3 is 35.8 Å². The SMILES string of the molecule is CCn1c2ccccc2c2cc(-c3c4nn(CC(COc5ccc(C(=O)OCC(C)C)cc5)(COc5ccc(C(=O)OCC(C)C)cc5)COc5ccc(C(=O)OCC(C)C)cc5)nc4c(-c4ccc5c(c4)c4ccccc4n5CC)c4[n-][n+](CC(COc5ccc(C(=O)OCC(C)C)cc5)(COc5ccc(C(=O)OCC(C)C)cc5)COc5ccc(C(=O)OCC(C)C)cc5)nc34)ccc21. The Labute approximate surface area is 791 Å². The number of fused-ring (bicyclic) bond motifs is 8. The van der Waals surface area contributed by atoms with Crippen LogP contribution in [0.5, 0.6) is 34.5 Å². The van der Waals surface area contributed by atoms with Gasteiger partial charge in [0.15, 0.2) is 6.54 Å². The van der Waals surface area contributed by atoms with E-state index in [0.29, 0.717) is 114 Å². The number of rotatable bonds is 44. The van der Waals surface area contributed by atoms with Crippen molar-refractivity contribution in [3.8, 4) is 56.8 Å². The molecule has 0 aliphatic carbocycles. The highest BCUT2D eigenvalue weighted by Gasteiger charge is 2.41. The van der Waals surface area contributed by atoms with Crippen molar-refractivity contribution in [2.75, 3.05) is 79.3 Å². The van der Waals surface area contributed by atoms with Crippen LogP contribution in [0, 0.1) is 46.3 Å². The molecule has 15 aromatic rings. The summed E-state index contributed by atoms with van der Waals surface area (Å²) in [5.74, 6) is 0.174. The summed E-state index contributed by atoms with van der Waals surface area (Å²) >= 11 is 0. The van der Waals surface area contributed by atoms with Gasteiger partial charge in [-0.1, -0.05) is 132 Å². The second-order valence-electron chi connectivity index (χ2n) is 37.4. The van der Waals surface area contributed by atoms with Crippen molar-refractivity contribution in [2.24, 2.45) is 46.3 Å². The number of aryl methyl sites for hydroxylation is 2. The van der Waals surface area contributed by atoms with E-state index >= 15 is 0 Å². The molecule has 0 unspecified atom stereocenters. The molecule has 0 aliphatic heterocycles. The molecule has 0 spiro atoms. The van der Waals surface area contributed by atoms with Crippen LogP contribution >= 0.6 is 0 Å². The summed E-state index contributed by atoms with van der Waals surface area (Å²) in [6.45, 7) is 29.7. The molecule has 0 aliphatic rings. The first-order valence-corrected chi connectivity index (χ1v) is 46.7. The molecule has 136 heavy (non-hydrogen) atoms. The quantitative estimate of drug-likeness (QED) is 0.0195. The summed E-state index contributed by atoms with van der Waals surface area (Å²) < 4.78 is 80.4. The first kappa shape index (κ1) is 96.0. The molecule has 26 nitrogen and oxygen atoms in total. The first-order valence-electron chi connectivity index (χ1n) is 46.7. The molecule has 0 bridgehead atoms. The average Bonchev–Trinajstić information content (AvgIpc) is 1.55. The van der Waals surface area contributed by atoms with Gasteiger partial charge in [0, 0.05) is 78.9 Å². The highest BCUT2D eigenvalue weighted by molar-refractivity contribution is 6.19. The number of carbonyl (C=O) groups is 6. The van der Waals surface area contributed by atoms with Gasteiger partial charge in [0.1, 0.15) is 90.6 Å². The minimum atomic E-state index is -1.32. The van der Waals surface area contributed by atoms with E-state index in [0.717, 1.165) is 54.7 Å². The Morgan fingerprint density at radius 1 is 0.316 bits per heavy atom. The van der Waals surface area contributed by atoms with Gasteiger partial charge in [0.25, 0.3) is 0 Å². The van der Waals surface area contributed by atoms with Crippen molar-refractivity contribution in [3.63, 3.8) is 0 Å². The molecule has 0 N–H and O–H groups in total. The Bertz CT molecular complexity index is 5930. The lowest BCUT2D eigenvalue weighted by atomic mass is 9.91. The smallest absolute Gasteiger partial charge is 0.338 e. The van der Waals surface area contributed by atoms with E-state index in [-0.39, 0.29) is 128 Å². The summed E-state index contributed by atoms with van der Waals surface area (Å²) in [5, 5.41) is 27.1. The fraction of sp³-hybridized carbons (Fsp3) is 0.345. The fourth-order valence-electron chi connectivity index (χ4n) is 16.0. The standard InChI is InChI=1S/C110H118N8O18/c1-15-115-93-23-19-17-21-89(93)91-53-81(37-51-95(91)115)97-99-101(113-117(111-99)61-109(63-131-83-39-25-75(26-40-83)103(119)125-55-69(3)4,64-132-84-41-27-76(28-42-84)104(120)126-56-70(5)6)65-133-85-43-29-77(30-44-85)105(121)127-57-71(7)8)98(82-38-52-96-92(54-82)90-22-18-20-24-94(90)116(96)16-2)102-100(97)112-118(114-102)62-110(66-134-86-45-31-78(32-46-86)106(122)128-58-72(9)10,67-135-87-47-33-79(34-48-87)107(123)129-59-73(11)12)68-136-88-49-35-80(36-50-88)108(124)130-60-74(13)14/h17-54,69-74H,15-16,55-68H2,1-14H3. The van der Waals surface area contributed by atoms with E-state index < -0.39 is 46.6 Å². The molecule has 4 aromatic heterocycles. The third-order valence-electron chi connectivity index (χ3n) is 23.1. The molecule has 11 aromatic carbocycles. The Morgan fingerprint density at radius 2 is 0.581 bits per heavy atom. The molecular formula is C110H118N8O18. The van der Waals surface area contributed by atoms with Gasteiger partial charge in [0.2, 0.25) is 0 Å². The Kier molecular flexibility index (Phi) is 30.5. The molecular weight excluding hydrogens is 1720 g/mol. The summed E-state index contributed by atoms with van der Waals surface area (Å²) in [7, 11) is 0. The largest absolute Gasteiger partial charge is 0.493 e. The zero-order valence-corrected chi connectivity index (χ0v) is 79.6. The Morgan fingerprint density at radius 3 is 0.868 bits per heavy atom.